The van der Waals surface area contributed by atoms with Crippen LogP contribution < -0.4 is 15.8 Å². The number of phenols is 2. The van der Waals surface area contributed by atoms with Crippen molar-refractivity contribution in [3.63, 3.8) is 0 Å². The molecule has 20 heavy (non-hydrogen) atoms. The first-order chi connectivity index (χ1) is 9.49. The van der Waals surface area contributed by atoms with Crippen molar-refractivity contribution in [2.45, 2.75) is 0 Å². The first-order valence-electron chi connectivity index (χ1n) is 5.77. The predicted octanol–water partition coefficient (Wildman–Crippen LogP) is 1.94. The lowest BCUT2D eigenvalue weighted by atomic mass is 10.1. The molecule has 0 fully saturated rings. The molecule has 1 amide bonds. The number of anilines is 2. The summed E-state index contributed by atoms with van der Waals surface area (Å²) in [5.74, 6) is -0.340. The number of amides is 1. The Balaban J connectivity index is 2.21. The van der Waals surface area contributed by atoms with Gasteiger partial charge in [0, 0.05) is 17.3 Å². The van der Waals surface area contributed by atoms with Gasteiger partial charge < -0.3 is 26.0 Å². The van der Waals surface area contributed by atoms with Crippen LogP contribution in [-0.4, -0.2) is 23.2 Å². The van der Waals surface area contributed by atoms with Crippen LogP contribution in [0.15, 0.2) is 36.4 Å². The third-order valence-electron chi connectivity index (χ3n) is 2.65. The van der Waals surface area contributed by atoms with E-state index in [1.54, 1.807) is 18.2 Å². The molecule has 6 nitrogen and oxygen atoms in total. The van der Waals surface area contributed by atoms with Gasteiger partial charge in [-0.1, -0.05) is 0 Å². The molecular weight excluding hydrogens is 260 g/mol. The van der Waals surface area contributed by atoms with E-state index in [0.717, 1.165) is 6.07 Å². The molecule has 0 aromatic heterocycles. The van der Waals surface area contributed by atoms with Gasteiger partial charge in [0.05, 0.1) is 12.8 Å². The van der Waals surface area contributed by atoms with E-state index in [2.05, 4.69) is 5.32 Å². The first kappa shape index (κ1) is 13.5. The molecule has 0 aliphatic rings. The van der Waals surface area contributed by atoms with Gasteiger partial charge in [-0.15, -0.1) is 0 Å². The number of carbonyl (C=O) groups is 1. The van der Waals surface area contributed by atoms with Crippen molar-refractivity contribution < 1.29 is 19.7 Å². The standard InChI is InChI=1S/C14H14N2O4/c1-20-13-3-2-9(6-12(13)15)16-14(19)8-4-10(17)7-11(18)5-8/h2-7,17-18H,15H2,1H3,(H,16,19). The number of ether oxygens (including phenoxy) is 1. The Morgan fingerprint density at radius 2 is 1.80 bits per heavy atom. The summed E-state index contributed by atoms with van der Waals surface area (Å²) in [6.45, 7) is 0. The van der Waals surface area contributed by atoms with Gasteiger partial charge in [0.15, 0.2) is 0 Å². The van der Waals surface area contributed by atoms with Crippen LogP contribution in [0.4, 0.5) is 11.4 Å². The third-order valence-corrected chi connectivity index (χ3v) is 2.65. The molecule has 0 aliphatic carbocycles. The number of carbonyl (C=O) groups excluding carboxylic acids is 1. The summed E-state index contributed by atoms with van der Waals surface area (Å²) in [7, 11) is 1.50. The Labute approximate surface area is 115 Å². The zero-order valence-corrected chi connectivity index (χ0v) is 10.8. The van der Waals surface area contributed by atoms with Crippen LogP contribution in [0.1, 0.15) is 10.4 Å². The van der Waals surface area contributed by atoms with E-state index in [0.29, 0.717) is 17.1 Å². The lowest BCUT2D eigenvalue weighted by molar-refractivity contribution is 0.102. The molecule has 0 saturated carbocycles. The highest BCUT2D eigenvalue weighted by Gasteiger charge is 2.10. The Bertz CT molecular complexity index is 635. The molecule has 2 rings (SSSR count). The molecule has 6 heteroatoms. The molecule has 2 aromatic carbocycles. The van der Waals surface area contributed by atoms with Gasteiger partial charge >= 0.3 is 0 Å². The first-order valence-corrected chi connectivity index (χ1v) is 5.77. The van der Waals surface area contributed by atoms with Crippen molar-refractivity contribution in [3.05, 3.63) is 42.0 Å². The number of aromatic hydroxyl groups is 2. The van der Waals surface area contributed by atoms with E-state index in [9.17, 15) is 15.0 Å². The van der Waals surface area contributed by atoms with E-state index >= 15 is 0 Å². The molecule has 0 heterocycles. The van der Waals surface area contributed by atoms with Crippen molar-refractivity contribution >= 4 is 17.3 Å². The number of nitrogens with two attached hydrogens (primary N) is 1. The van der Waals surface area contributed by atoms with Crippen LogP contribution in [0.5, 0.6) is 17.2 Å². The van der Waals surface area contributed by atoms with Crippen LogP contribution in [0.25, 0.3) is 0 Å². The van der Waals surface area contributed by atoms with Crippen molar-refractivity contribution in [1.29, 1.82) is 0 Å². The Morgan fingerprint density at radius 3 is 2.35 bits per heavy atom. The largest absolute Gasteiger partial charge is 0.508 e. The molecule has 0 aliphatic heterocycles. The molecular formula is C14H14N2O4. The maximum Gasteiger partial charge on any atom is 0.255 e. The minimum atomic E-state index is -0.472. The van der Waals surface area contributed by atoms with Crippen LogP contribution in [0.2, 0.25) is 0 Å². The maximum atomic E-state index is 12.0. The van der Waals surface area contributed by atoms with E-state index in [-0.39, 0.29) is 17.1 Å². The van der Waals surface area contributed by atoms with Gasteiger partial charge in [0.25, 0.3) is 5.91 Å². The second kappa shape index (κ2) is 5.40. The minimum Gasteiger partial charge on any atom is -0.508 e. The van der Waals surface area contributed by atoms with Crippen LogP contribution in [0.3, 0.4) is 0 Å². The zero-order valence-electron chi connectivity index (χ0n) is 10.8. The summed E-state index contributed by atoms with van der Waals surface area (Å²) in [6, 6.07) is 8.46. The van der Waals surface area contributed by atoms with Gasteiger partial charge in [-0.25, -0.2) is 0 Å². The lowest BCUT2D eigenvalue weighted by Crippen LogP contribution is -2.12. The van der Waals surface area contributed by atoms with E-state index in [1.807, 2.05) is 0 Å². The van der Waals surface area contributed by atoms with E-state index in [1.165, 1.54) is 19.2 Å². The summed E-state index contributed by atoms with van der Waals surface area (Å²) in [5, 5.41) is 21.3. The molecule has 2 aromatic rings. The Kier molecular flexibility index (Phi) is 3.65. The number of nitrogens with one attached hydrogen (secondary N) is 1. The molecule has 0 atom stereocenters. The zero-order chi connectivity index (χ0) is 14.7. The summed E-state index contributed by atoms with van der Waals surface area (Å²) in [5.41, 5.74) is 6.75. The van der Waals surface area contributed by atoms with Crippen molar-refractivity contribution in [1.82, 2.24) is 0 Å². The number of hydrogen-bond donors (Lipinski definition) is 4. The van der Waals surface area contributed by atoms with E-state index in [4.69, 9.17) is 10.5 Å². The molecule has 0 unspecified atom stereocenters. The van der Waals surface area contributed by atoms with Crippen LogP contribution >= 0.6 is 0 Å². The second-order valence-corrected chi connectivity index (χ2v) is 4.15. The summed E-state index contributed by atoms with van der Waals surface area (Å²) in [4.78, 5) is 12.0. The van der Waals surface area contributed by atoms with Gasteiger partial charge in [-0.3, -0.25) is 4.79 Å². The summed E-state index contributed by atoms with van der Waals surface area (Å²) >= 11 is 0. The fourth-order valence-corrected chi connectivity index (χ4v) is 1.74. The number of nitrogen functional groups attached to an aromatic ring is 1. The monoisotopic (exact) mass is 274 g/mol. The molecule has 0 bridgehead atoms. The predicted molar refractivity (Wildman–Crippen MR) is 75.1 cm³/mol. The average molecular weight is 274 g/mol. The quantitative estimate of drug-likeness (QED) is 0.640. The van der Waals surface area contributed by atoms with Gasteiger partial charge in [-0.05, 0) is 30.3 Å². The number of hydrogen-bond acceptors (Lipinski definition) is 5. The number of methoxy groups -OCH3 is 1. The highest BCUT2D eigenvalue weighted by atomic mass is 16.5. The Hall–Kier alpha value is -2.89. The van der Waals surface area contributed by atoms with Crippen LogP contribution in [-0.2, 0) is 0 Å². The highest BCUT2D eigenvalue weighted by molar-refractivity contribution is 6.05. The third kappa shape index (κ3) is 2.92. The molecule has 104 valence electrons. The summed E-state index contributed by atoms with van der Waals surface area (Å²) < 4.78 is 5.02. The van der Waals surface area contributed by atoms with Gasteiger partial charge in [-0.2, -0.15) is 0 Å². The number of phenolic OH excluding ortho intramolecular Hbond substituents is 2. The van der Waals surface area contributed by atoms with Crippen LogP contribution in [0, 0.1) is 0 Å². The Morgan fingerprint density at radius 1 is 1.15 bits per heavy atom. The molecule has 0 saturated heterocycles. The molecule has 0 spiro atoms. The van der Waals surface area contributed by atoms with Gasteiger partial charge in [0.2, 0.25) is 0 Å². The average Bonchev–Trinajstić information content (AvgIpc) is 2.37. The van der Waals surface area contributed by atoms with Gasteiger partial charge in [0.1, 0.15) is 17.2 Å². The van der Waals surface area contributed by atoms with Crippen molar-refractivity contribution in [2.75, 3.05) is 18.2 Å². The fraction of sp³-hybridized carbons (Fsp3) is 0.0714. The minimum absolute atomic E-state index is 0.136. The maximum absolute atomic E-state index is 12.0. The number of rotatable bonds is 3. The fourth-order valence-electron chi connectivity index (χ4n) is 1.74. The second-order valence-electron chi connectivity index (χ2n) is 4.15. The van der Waals surface area contributed by atoms with E-state index < -0.39 is 5.91 Å². The smallest absolute Gasteiger partial charge is 0.255 e. The highest BCUT2D eigenvalue weighted by Crippen LogP contribution is 2.26. The molecule has 5 N–H and O–H groups in total. The topological polar surface area (TPSA) is 105 Å². The summed E-state index contributed by atoms with van der Waals surface area (Å²) in [6.07, 6.45) is 0. The number of benzene rings is 2. The van der Waals surface area contributed by atoms with Crippen molar-refractivity contribution in [2.24, 2.45) is 0 Å². The molecule has 0 radical (unpaired) electrons. The normalized spacial score (nSPS) is 10.1. The van der Waals surface area contributed by atoms with Crippen molar-refractivity contribution in [3.8, 4) is 17.2 Å². The SMILES string of the molecule is COc1ccc(NC(=O)c2cc(O)cc(O)c2)cc1N. The lowest BCUT2D eigenvalue weighted by Gasteiger charge is -2.09.